The van der Waals surface area contributed by atoms with Gasteiger partial charge in [0.2, 0.25) is 0 Å². The minimum atomic E-state index is -0.184. The molecule has 0 saturated heterocycles. The minimum Gasteiger partial charge on any atom is -0.484 e. The van der Waals surface area contributed by atoms with E-state index in [1.165, 1.54) is 0 Å². The van der Waals surface area contributed by atoms with E-state index in [-0.39, 0.29) is 12.5 Å². The Balaban J connectivity index is 1.55. The first-order chi connectivity index (χ1) is 11.3. The van der Waals surface area contributed by atoms with E-state index in [0.717, 1.165) is 11.5 Å². The number of para-hydroxylation sites is 2. The predicted octanol–water partition coefficient (Wildman–Crippen LogP) is 2.57. The van der Waals surface area contributed by atoms with Gasteiger partial charge in [0.15, 0.2) is 6.61 Å². The molecule has 116 valence electrons. The molecule has 1 N–H and O–H groups in total. The normalized spacial score (nSPS) is 10.3. The number of nitrogens with one attached hydrogen (secondary N) is 1. The number of amides is 1. The van der Waals surface area contributed by atoms with Gasteiger partial charge < -0.3 is 14.6 Å². The molecule has 1 heterocycles. The summed E-state index contributed by atoms with van der Waals surface area (Å²) < 4.78 is 7.36. The zero-order chi connectivity index (χ0) is 15.9. The van der Waals surface area contributed by atoms with Crippen molar-refractivity contribution in [1.82, 2.24) is 14.9 Å². The van der Waals surface area contributed by atoms with Crippen molar-refractivity contribution < 1.29 is 9.53 Å². The summed E-state index contributed by atoms with van der Waals surface area (Å²) in [5.41, 5.74) is 1.01. The van der Waals surface area contributed by atoms with Crippen LogP contribution in [0.1, 0.15) is 5.82 Å². The minimum absolute atomic E-state index is 0.0178. The third-order valence-corrected chi connectivity index (χ3v) is 3.31. The number of carbonyl (C=O) groups excluding carboxylic acids is 1. The number of ether oxygens (including phenoxy) is 1. The molecule has 0 aliphatic carbocycles. The highest BCUT2D eigenvalue weighted by Gasteiger charge is 2.07. The SMILES string of the molecule is O=C(COc1ccccc1)NCc1nccn1-c1ccccc1. The molecule has 5 nitrogen and oxygen atoms in total. The molecular formula is C18H17N3O2. The molecule has 0 saturated carbocycles. The quantitative estimate of drug-likeness (QED) is 0.761. The summed E-state index contributed by atoms with van der Waals surface area (Å²) >= 11 is 0. The number of aromatic nitrogens is 2. The van der Waals surface area contributed by atoms with E-state index in [0.29, 0.717) is 12.3 Å². The fourth-order valence-corrected chi connectivity index (χ4v) is 2.18. The summed E-state index contributed by atoms with van der Waals surface area (Å²) in [6, 6.07) is 19.1. The Bertz CT molecular complexity index is 754. The molecule has 1 amide bonds. The average molecular weight is 307 g/mol. The van der Waals surface area contributed by atoms with Crippen LogP contribution in [0.2, 0.25) is 0 Å². The summed E-state index contributed by atoms with van der Waals surface area (Å²) in [6.07, 6.45) is 3.59. The van der Waals surface area contributed by atoms with E-state index < -0.39 is 0 Å². The molecule has 3 rings (SSSR count). The number of imidazole rings is 1. The lowest BCUT2D eigenvalue weighted by Crippen LogP contribution is -2.29. The van der Waals surface area contributed by atoms with Gasteiger partial charge in [0.05, 0.1) is 6.54 Å². The van der Waals surface area contributed by atoms with Gasteiger partial charge in [-0.15, -0.1) is 0 Å². The first-order valence-corrected chi connectivity index (χ1v) is 7.35. The molecule has 0 bridgehead atoms. The Labute approximate surface area is 134 Å². The fraction of sp³-hybridized carbons (Fsp3) is 0.111. The highest BCUT2D eigenvalue weighted by Crippen LogP contribution is 2.10. The zero-order valence-corrected chi connectivity index (χ0v) is 12.6. The van der Waals surface area contributed by atoms with E-state index in [9.17, 15) is 4.79 Å². The molecule has 0 unspecified atom stereocenters. The molecule has 1 aromatic heterocycles. The zero-order valence-electron chi connectivity index (χ0n) is 12.6. The fourth-order valence-electron chi connectivity index (χ4n) is 2.18. The third-order valence-electron chi connectivity index (χ3n) is 3.31. The van der Waals surface area contributed by atoms with E-state index in [2.05, 4.69) is 10.3 Å². The Morgan fingerprint density at radius 1 is 1.04 bits per heavy atom. The second kappa shape index (κ2) is 7.26. The van der Waals surface area contributed by atoms with Crippen LogP contribution < -0.4 is 10.1 Å². The van der Waals surface area contributed by atoms with Gasteiger partial charge >= 0.3 is 0 Å². The number of benzene rings is 2. The van der Waals surface area contributed by atoms with Crippen molar-refractivity contribution in [2.45, 2.75) is 6.54 Å². The number of hydrogen-bond donors (Lipinski definition) is 1. The van der Waals surface area contributed by atoms with Gasteiger partial charge in [-0.25, -0.2) is 4.98 Å². The topological polar surface area (TPSA) is 56.1 Å². The van der Waals surface area contributed by atoms with Gasteiger partial charge in [-0.3, -0.25) is 4.79 Å². The summed E-state index contributed by atoms with van der Waals surface area (Å²) in [7, 11) is 0. The summed E-state index contributed by atoms with van der Waals surface area (Å²) in [5, 5.41) is 2.82. The molecule has 0 aliphatic heterocycles. The van der Waals surface area contributed by atoms with E-state index >= 15 is 0 Å². The first-order valence-electron chi connectivity index (χ1n) is 7.35. The summed E-state index contributed by atoms with van der Waals surface area (Å²) in [5.74, 6) is 1.26. The lowest BCUT2D eigenvalue weighted by atomic mass is 10.3. The number of nitrogens with zero attached hydrogens (tertiary/aromatic N) is 2. The maximum Gasteiger partial charge on any atom is 0.258 e. The molecule has 23 heavy (non-hydrogen) atoms. The smallest absolute Gasteiger partial charge is 0.258 e. The maximum absolute atomic E-state index is 11.9. The van der Waals surface area contributed by atoms with Crippen LogP contribution in [-0.4, -0.2) is 22.1 Å². The Morgan fingerprint density at radius 2 is 1.74 bits per heavy atom. The molecule has 5 heteroatoms. The molecule has 2 aromatic carbocycles. The van der Waals surface area contributed by atoms with Gasteiger partial charge in [0, 0.05) is 18.1 Å². The van der Waals surface area contributed by atoms with Crippen molar-refractivity contribution in [3.05, 3.63) is 78.9 Å². The number of hydrogen-bond acceptors (Lipinski definition) is 3. The Morgan fingerprint density at radius 3 is 2.48 bits per heavy atom. The van der Waals surface area contributed by atoms with Crippen LogP contribution >= 0.6 is 0 Å². The van der Waals surface area contributed by atoms with Crippen molar-refractivity contribution >= 4 is 5.91 Å². The highest BCUT2D eigenvalue weighted by atomic mass is 16.5. The van der Waals surface area contributed by atoms with E-state index in [1.54, 1.807) is 6.20 Å². The van der Waals surface area contributed by atoms with Crippen LogP contribution in [0.25, 0.3) is 5.69 Å². The maximum atomic E-state index is 11.9. The van der Waals surface area contributed by atoms with Crippen molar-refractivity contribution in [2.75, 3.05) is 6.61 Å². The van der Waals surface area contributed by atoms with E-state index in [1.807, 2.05) is 71.4 Å². The molecule has 3 aromatic rings. The van der Waals surface area contributed by atoms with Gasteiger partial charge in [-0.05, 0) is 24.3 Å². The average Bonchev–Trinajstić information content (AvgIpc) is 3.08. The van der Waals surface area contributed by atoms with Gasteiger partial charge in [-0.2, -0.15) is 0 Å². The predicted molar refractivity (Wildman–Crippen MR) is 87.3 cm³/mol. The second-order valence-electron chi connectivity index (χ2n) is 4.93. The van der Waals surface area contributed by atoms with Crippen molar-refractivity contribution in [1.29, 1.82) is 0 Å². The first kappa shape index (κ1) is 14.8. The number of carbonyl (C=O) groups is 1. The summed E-state index contributed by atoms with van der Waals surface area (Å²) in [6.45, 7) is 0.328. The molecule has 0 aliphatic rings. The Hall–Kier alpha value is -3.08. The van der Waals surface area contributed by atoms with Crippen LogP contribution in [0, 0.1) is 0 Å². The third kappa shape index (κ3) is 3.97. The lowest BCUT2D eigenvalue weighted by Gasteiger charge is -2.09. The van der Waals surface area contributed by atoms with Crippen LogP contribution in [0.4, 0.5) is 0 Å². The van der Waals surface area contributed by atoms with Gasteiger partial charge in [0.25, 0.3) is 5.91 Å². The van der Waals surface area contributed by atoms with E-state index in [4.69, 9.17) is 4.74 Å². The molecule has 0 spiro atoms. The van der Waals surface area contributed by atoms with Crippen LogP contribution in [-0.2, 0) is 11.3 Å². The monoisotopic (exact) mass is 307 g/mol. The van der Waals surface area contributed by atoms with Crippen LogP contribution in [0.3, 0.4) is 0 Å². The Kier molecular flexibility index (Phi) is 4.69. The van der Waals surface area contributed by atoms with Crippen LogP contribution in [0.15, 0.2) is 73.1 Å². The van der Waals surface area contributed by atoms with Gasteiger partial charge in [-0.1, -0.05) is 36.4 Å². The van der Waals surface area contributed by atoms with Crippen molar-refractivity contribution in [2.24, 2.45) is 0 Å². The van der Waals surface area contributed by atoms with Gasteiger partial charge in [0.1, 0.15) is 11.6 Å². The summed E-state index contributed by atoms with van der Waals surface area (Å²) in [4.78, 5) is 16.2. The second-order valence-corrected chi connectivity index (χ2v) is 4.93. The highest BCUT2D eigenvalue weighted by molar-refractivity contribution is 5.77. The van der Waals surface area contributed by atoms with Crippen LogP contribution in [0.5, 0.6) is 5.75 Å². The molecule has 0 fully saturated rings. The number of rotatable bonds is 6. The standard InChI is InChI=1S/C18H17N3O2/c22-18(14-23-16-9-5-2-6-10-16)20-13-17-19-11-12-21(17)15-7-3-1-4-8-15/h1-12H,13-14H2,(H,20,22). The van der Waals surface area contributed by atoms with Crippen molar-refractivity contribution in [3.63, 3.8) is 0 Å². The lowest BCUT2D eigenvalue weighted by molar-refractivity contribution is -0.123. The molecule has 0 radical (unpaired) electrons. The molecular weight excluding hydrogens is 290 g/mol. The largest absolute Gasteiger partial charge is 0.484 e. The molecule has 0 atom stereocenters. The van der Waals surface area contributed by atoms with Crippen molar-refractivity contribution in [3.8, 4) is 11.4 Å².